The van der Waals surface area contributed by atoms with Gasteiger partial charge in [-0.25, -0.2) is 13.8 Å². The third-order valence-electron chi connectivity index (χ3n) is 4.76. The number of nitrogens with zero attached hydrogens (tertiary/aromatic N) is 2. The van der Waals surface area contributed by atoms with E-state index in [4.69, 9.17) is 4.98 Å². The minimum atomic E-state index is -1.05. The van der Waals surface area contributed by atoms with Gasteiger partial charge in [-0.1, -0.05) is 53.8 Å². The number of carbonyl (C=O) groups is 1. The molecule has 0 saturated carbocycles. The molecule has 0 spiro atoms. The van der Waals surface area contributed by atoms with Gasteiger partial charge >= 0.3 is 0 Å². The van der Waals surface area contributed by atoms with Crippen LogP contribution in [0.15, 0.2) is 60.7 Å². The van der Waals surface area contributed by atoms with Crippen LogP contribution in [0.1, 0.15) is 27.0 Å². The molecule has 4 rings (SSSR count). The summed E-state index contributed by atoms with van der Waals surface area (Å²) in [4.78, 5) is 19.5. The van der Waals surface area contributed by atoms with E-state index < -0.39 is 17.5 Å². The fourth-order valence-corrected chi connectivity index (χ4v) is 4.25. The second-order valence-electron chi connectivity index (χ2n) is 6.88. The van der Waals surface area contributed by atoms with E-state index in [0.717, 1.165) is 39.0 Å². The molecule has 0 aliphatic heterocycles. The first-order valence-electron chi connectivity index (χ1n) is 9.11. The summed E-state index contributed by atoms with van der Waals surface area (Å²) in [7, 11) is 0. The molecule has 0 atom stereocenters. The number of halogens is 2. The molecule has 6 heteroatoms. The average Bonchev–Trinajstić information content (AvgIpc) is 3.18. The zero-order valence-corrected chi connectivity index (χ0v) is 16.8. The molecule has 1 amide bonds. The van der Waals surface area contributed by atoms with Gasteiger partial charge in [0.15, 0.2) is 16.8 Å². The van der Waals surface area contributed by atoms with Gasteiger partial charge in [-0.15, -0.1) is 0 Å². The Labute approximate surface area is 171 Å². The zero-order valence-electron chi connectivity index (χ0n) is 15.9. The number of aryl methyl sites for hydroxylation is 2. The van der Waals surface area contributed by atoms with Crippen molar-refractivity contribution in [2.24, 2.45) is 0 Å². The maximum atomic E-state index is 13.7. The van der Waals surface area contributed by atoms with Crippen LogP contribution in [0.4, 0.5) is 13.9 Å². The molecule has 4 aromatic rings. The molecule has 0 radical (unpaired) electrons. The lowest BCUT2D eigenvalue weighted by atomic mass is 10.1. The molecular weight excluding hydrogens is 390 g/mol. The number of carbonyl (C=O) groups excluding carboxylic acids is 1. The Hall–Kier alpha value is -3.12. The average molecular weight is 408 g/mol. The minimum absolute atomic E-state index is 0.0764. The van der Waals surface area contributed by atoms with Crippen LogP contribution < -0.4 is 4.90 Å². The monoisotopic (exact) mass is 408 g/mol. The molecular formula is C23H18F2N2OS. The molecule has 146 valence electrons. The smallest absolute Gasteiger partial charge is 0.260 e. The van der Waals surface area contributed by atoms with Crippen molar-refractivity contribution in [3.8, 4) is 0 Å². The minimum Gasteiger partial charge on any atom is -0.279 e. The molecule has 3 aromatic carbocycles. The summed E-state index contributed by atoms with van der Waals surface area (Å²) in [6.07, 6.45) is 0. The Kier molecular flexibility index (Phi) is 5.11. The Bertz CT molecular complexity index is 1170. The third kappa shape index (κ3) is 3.76. The van der Waals surface area contributed by atoms with Gasteiger partial charge in [0.2, 0.25) is 0 Å². The third-order valence-corrected chi connectivity index (χ3v) is 5.97. The molecule has 3 nitrogen and oxygen atoms in total. The van der Waals surface area contributed by atoms with Crippen molar-refractivity contribution in [3.63, 3.8) is 0 Å². The number of anilines is 1. The van der Waals surface area contributed by atoms with Gasteiger partial charge in [-0.05, 0) is 48.7 Å². The molecule has 0 unspecified atom stereocenters. The highest BCUT2D eigenvalue weighted by atomic mass is 32.1. The van der Waals surface area contributed by atoms with E-state index in [2.05, 4.69) is 0 Å². The number of hydrogen-bond donors (Lipinski definition) is 0. The first-order chi connectivity index (χ1) is 13.9. The summed E-state index contributed by atoms with van der Waals surface area (Å²) in [5.41, 5.74) is 3.94. The summed E-state index contributed by atoms with van der Waals surface area (Å²) >= 11 is 1.42. The predicted octanol–water partition coefficient (Wildman–Crippen LogP) is 6.04. The van der Waals surface area contributed by atoms with Crippen LogP contribution in [-0.4, -0.2) is 10.9 Å². The van der Waals surface area contributed by atoms with Gasteiger partial charge in [0.1, 0.15) is 0 Å². The van der Waals surface area contributed by atoms with Gasteiger partial charge in [0.25, 0.3) is 5.91 Å². The van der Waals surface area contributed by atoms with Crippen molar-refractivity contribution in [1.82, 2.24) is 4.98 Å². The first-order valence-corrected chi connectivity index (χ1v) is 9.93. The SMILES string of the molecule is Cc1ccc(C)c2sc(N(Cc3ccccc3)C(=O)c3ccc(F)c(F)c3)nc12. The summed E-state index contributed by atoms with van der Waals surface area (Å²) in [5, 5.41) is 0.524. The number of amides is 1. The molecule has 1 heterocycles. The fraction of sp³-hybridized carbons (Fsp3) is 0.130. The summed E-state index contributed by atoms with van der Waals surface area (Å²) in [6.45, 7) is 4.25. The fourth-order valence-electron chi connectivity index (χ4n) is 3.14. The quantitative estimate of drug-likeness (QED) is 0.413. The Morgan fingerprint density at radius 2 is 1.69 bits per heavy atom. The van der Waals surface area contributed by atoms with Crippen molar-refractivity contribution in [1.29, 1.82) is 0 Å². The summed E-state index contributed by atoms with van der Waals surface area (Å²) in [6, 6.07) is 16.7. The topological polar surface area (TPSA) is 33.2 Å². The number of hydrogen-bond acceptors (Lipinski definition) is 3. The van der Waals surface area contributed by atoms with E-state index in [9.17, 15) is 13.6 Å². The van der Waals surface area contributed by atoms with Crippen molar-refractivity contribution in [2.75, 3.05) is 4.90 Å². The van der Waals surface area contributed by atoms with Gasteiger partial charge < -0.3 is 0 Å². The molecule has 0 saturated heterocycles. The highest BCUT2D eigenvalue weighted by Crippen LogP contribution is 2.34. The zero-order chi connectivity index (χ0) is 20.5. The summed E-state index contributed by atoms with van der Waals surface area (Å²) in [5.74, 6) is -2.46. The normalized spacial score (nSPS) is 11.0. The van der Waals surface area contributed by atoms with E-state index in [-0.39, 0.29) is 12.1 Å². The number of aromatic nitrogens is 1. The van der Waals surface area contributed by atoms with Crippen LogP contribution in [-0.2, 0) is 6.54 Å². The van der Waals surface area contributed by atoms with Crippen LogP contribution >= 0.6 is 11.3 Å². The van der Waals surface area contributed by atoms with Crippen molar-refractivity contribution in [2.45, 2.75) is 20.4 Å². The van der Waals surface area contributed by atoms with Crippen molar-refractivity contribution < 1.29 is 13.6 Å². The van der Waals surface area contributed by atoms with Crippen LogP contribution in [0.2, 0.25) is 0 Å². The highest BCUT2D eigenvalue weighted by Gasteiger charge is 2.23. The number of benzene rings is 3. The van der Waals surface area contributed by atoms with E-state index >= 15 is 0 Å². The molecule has 0 aliphatic rings. The Balaban J connectivity index is 1.82. The Morgan fingerprint density at radius 3 is 2.38 bits per heavy atom. The van der Waals surface area contributed by atoms with Crippen molar-refractivity contribution >= 4 is 32.6 Å². The van der Waals surface area contributed by atoms with E-state index in [0.29, 0.717) is 5.13 Å². The predicted molar refractivity (Wildman–Crippen MR) is 112 cm³/mol. The highest BCUT2D eigenvalue weighted by molar-refractivity contribution is 7.22. The van der Waals surface area contributed by atoms with Gasteiger partial charge in [-0.3, -0.25) is 9.69 Å². The number of rotatable bonds is 4. The largest absolute Gasteiger partial charge is 0.279 e. The van der Waals surface area contributed by atoms with Crippen LogP contribution in [0.25, 0.3) is 10.2 Å². The standard InChI is InChI=1S/C23H18F2N2OS/c1-14-8-9-15(2)21-20(14)26-23(29-21)27(13-16-6-4-3-5-7-16)22(28)17-10-11-18(24)19(25)12-17/h3-12H,13H2,1-2H3. The number of thiazole rings is 1. The molecule has 1 aromatic heterocycles. The van der Waals surface area contributed by atoms with E-state index in [1.807, 2.05) is 56.3 Å². The van der Waals surface area contributed by atoms with Gasteiger partial charge in [-0.2, -0.15) is 0 Å². The van der Waals surface area contributed by atoms with Crippen LogP contribution in [0, 0.1) is 25.5 Å². The van der Waals surface area contributed by atoms with Crippen molar-refractivity contribution in [3.05, 3.63) is 94.6 Å². The lowest BCUT2D eigenvalue weighted by Gasteiger charge is -2.20. The summed E-state index contributed by atoms with van der Waals surface area (Å²) < 4.78 is 28.1. The second-order valence-corrected chi connectivity index (χ2v) is 7.86. The first kappa shape index (κ1) is 19.2. The molecule has 0 fully saturated rings. The lowest BCUT2D eigenvalue weighted by Crippen LogP contribution is -2.30. The van der Waals surface area contributed by atoms with Crippen LogP contribution in [0.5, 0.6) is 0 Å². The molecule has 29 heavy (non-hydrogen) atoms. The lowest BCUT2D eigenvalue weighted by molar-refractivity contribution is 0.0984. The second kappa shape index (κ2) is 7.72. The Morgan fingerprint density at radius 1 is 0.966 bits per heavy atom. The van der Waals surface area contributed by atoms with Crippen LogP contribution in [0.3, 0.4) is 0 Å². The van der Waals surface area contributed by atoms with Gasteiger partial charge in [0.05, 0.1) is 16.8 Å². The maximum Gasteiger partial charge on any atom is 0.260 e. The van der Waals surface area contributed by atoms with E-state index in [1.165, 1.54) is 22.3 Å². The molecule has 0 aliphatic carbocycles. The molecule has 0 bridgehead atoms. The maximum absolute atomic E-state index is 13.7. The molecule has 0 N–H and O–H groups in total. The van der Waals surface area contributed by atoms with E-state index in [1.54, 1.807) is 0 Å². The number of fused-ring (bicyclic) bond motifs is 1. The van der Waals surface area contributed by atoms with Gasteiger partial charge in [0, 0.05) is 5.56 Å².